The number of hydrogen-bond acceptors (Lipinski definition) is 4. The first kappa shape index (κ1) is 13.9. The van der Waals surface area contributed by atoms with E-state index in [1.165, 1.54) is 20.3 Å². The van der Waals surface area contributed by atoms with Gasteiger partial charge in [-0.3, -0.25) is 0 Å². The van der Waals surface area contributed by atoms with Crippen LogP contribution in [-0.4, -0.2) is 25.9 Å². The summed E-state index contributed by atoms with van der Waals surface area (Å²) in [6, 6.07) is 1.54. The minimum atomic E-state index is 0.0327. The van der Waals surface area contributed by atoms with E-state index < -0.39 is 0 Å². The molecule has 0 radical (unpaired) electrons. The summed E-state index contributed by atoms with van der Waals surface area (Å²) >= 11 is 5.95. The van der Waals surface area contributed by atoms with Crippen LogP contribution in [0.4, 0.5) is 0 Å². The number of halogens is 1. The molecule has 0 heterocycles. The molecule has 0 saturated heterocycles. The van der Waals surface area contributed by atoms with Gasteiger partial charge in [-0.1, -0.05) is 18.5 Å². The fraction of sp³-hybridized carbons (Fsp3) is 0.500. The molecule has 17 heavy (non-hydrogen) atoms. The standard InChI is InChI=1S/C12H18ClNO3/c1-7(4-5-14)10-11(15)8(13)6-9(16-2)12(10)17-3/h6-7,15H,4-5,14H2,1-3H3. The van der Waals surface area contributed by atoms with Crippen molar-refractivity contribution in [3.63, 3.8) is 0 Å². The number of nitrogens with two attached hydrogens (primary N) is 1. The van der Waals surface area contributed by atoms with Crippen LogP contribution in [0.2, 0.25) is 5.02 Å². The fourth-order valence-corrected chi connectivity index (χ4v) is 2.03. The van der Waals surface area contributed by atoms with Crippen molar-refractivity contribution in [1.29, 1.82) is 0 Å². The van der Waals surface area contributed by atoms with Crippen molar-refractivity contribution in [3.8, 4) is 17.2 Å². The Kier molecular flexibility index (Phi) is 4.90. The van der Waals surface area contributed by atoms with Gasteiger partial charge in [0, 0.05) is 11.6 Å². The average molecular weight is 260 g/mol. The van der Waals surface area contributed by atoms with Gasteiger partial charge >= 0.3 is 0 Å². The normalized spacial score (nSPS) is 12.3. The molecule has 1 aromatic carbocycles. The smallest absolute Gasteiger partial charge is 0.167 e. The lowest BCUT2D eigenvalue weighted by atomic mass is 9.95. The third kappa shape index (κ3) is 2.76. The quantitative estimate of drug-likeness (QED) is 0.853. The van der Waals surface area contributed by atoms with E-state index in [0.717, 1.165) is 6.42 Å². The van der Waals surface area contributed by atoms with Crippen LogP contribution in [0.3, 0.4) is 0 Å². The van der Waals surface area contributed by atoms with E-state index in [1.807, 2.05) is 6.92 Å². The second kappa shape index (κ2) is 5.98. The maximum Gasteiger partial charge on any atom is 0.167 e. The van der Waals surface area contributed by atoms with E-state index in [9.17, 15) is 5.11 Å². The summed E-state index contributed by atoms with van der Waals surface area (Å²) in [5, 5.41) is 10.3. The van der Waals surface area contributed by atoms with Crippen LogP contribution in [0.5, 0.6) is 17.2 Å². The lowest BCUT2D eigenvalue weighted by molar-refractivity contribution is 0.343. The van der Waals surface area contributed by atoms with E-state index in [0.29, 0.717) is 23.6 Å². The summed E-state index contributed by atoms with van der Waals surface area (Å²) in [5.41, 5.74) is 6.17. The molecule has 1 atom stereocenters. The summed E-state index contributed by atoms with van der Waals surface area (Å²) in [6.45, 7) is 2.48. The highest BCUT2D eigenvalue weighted by molar-refractivity contribution is 6.32. The summed E-state index contributed by atoms with van der Waals surface area (Å²) in [5.74, 6) is 1.09. The van der Waals surface area contributed by atoms with Gasteiger partial charge in [0.25, 0.3) is 0 Å². The zero-order valence-electron chi connectivity index (χ0n) is 10.3. The van der Waals surface area contributed by atoms with E-state index in [2.05, 4.69) is 0 Å². The summed E-state index contributed by atoms with van der Waals surface area (Å²) in [7, 11) is 3.06. The maximum atomic E-state index is 10.0. The minimum absolute atomic E-state index is 0.0327. The molecule has 96 valence electrons. The largest absolute Gasteiger partial charge is 0.506 e. The number of phenolic OH excluding ortho intramolecular Hbond substituents is 1. The number of aromatic hydroxyl groups is 1. The second-order valence-electron chi connectivity index (χ2n) is 3.83. The van der Waals surface area contributed by atoms with Gasteiger partial charge in [0.2, 0.25) is 0 Å². The highest BCUT2D eigenvalue weighted by Crippen LogP contribution is 2.46. The first-order chi connectivity index (χ1) is 8.06. The van der Waals surface area contributed by atoms with Gasteiger partial charge in [0.15, 0.2) is 11.5 Å². The molecule has 3 N–H and O–H groups in total. The van der Waals surface area contributed by atoms with Crippen molar-refractivity contribution in [2.24, 2.45) is 5.73 Å². The number of rotatable bonds is 5. The van der Waals surface area contributed by atoms with E-state index in [4.69, 9.17) is 26.8 Å². The Labute approximate surface area is 106 Å². The molecule has 0 aromatic heterocycles. The molecule has 0 fully saturated rings. The molecule has 1 unspecified atom stereocenters. The van der Waals surface area contributed by atoms with Crippen LogP contribution in [0.1, 0.15) is 24.8 Å². The van der Waals surface area contributed by atoms with Crippen LogP contribution >= 0.6 is 11.6 Å². The van der Waals surface area contributed by atoms with Gasteiger partial charge in [0.1, 0.15) is 5.75 Å². The number of methoxy groups -OCH3 is 2. The van der Waals surface area contributed by atoms with Crippen LogP contribution < -0.4 is 15.2 Å². The highest BCUT2D eigenvalue weighted by atomic mass is 35.5. The van der Waals surface area contributed by atoms with Crippen molar-refractivity contribution in [2.75, 3.05) is 20.8 Å². The van der Waals surface area contributed by atoms with Gasteiger partial charge in [-0.25, -0.2) is 0 Å². The SMILES string of the molecule is COc1cc(Cl)c(O)c(C(C)CCN)c1OC. The third-order valence-corrected chi connectivity index (χ3v) is 3.01. The van der Waals surface area contributed by atoms with Crippen LogP contribution in [0.25, 0.3) is 0 Å². The Morgan fingerprint density at radius 3 is 2.53 bits per heavy atom. The minimum Gasteiger partial charge on any atom is -0.506 e. The number of phenols is 1. The molecule has 0 spiro atoms. The number of benzene rings is 1. The topological polar surface area (TPSA) is 64.7 Å². The van der Waals surface area contributed by atoms with Crippen LogP contribution in [0, 0.1) is 0 Å². The zero-order chi connectivity index (χ0) is 13.0. The molecular formula is C12H18ClNO3. The number of hydrogen-bond donors (Lipinski definition) is 2. The Balaban J connectivity index is 3.37. The molecule has 1 aromatic rings. The fourth-order valence-electron chi connectivity index (χ4n) is 1.83. The Morgan fingerprint density at radius 1 is 1.41 bits per heavy atom. The van der Waals surface area contributed by atoms with Gasteiger partial charge in [-0.05, 0) is 18.9 Å². The van der Waals surface area contributed by atoms with E-state index in [-0.39, 0.29) is 16.7 Å². The maximum absolute atomic E-state index is 10.0. The van der Waals surface area contributed by atoms with Crippen molar-refractivity contribution < 1.29 is 14.6 Å². The van der Waals surface area contributed by atoms with Crippen LogP contribution in [0.15, 0.2) is 6.07 Å². The predicted molar refractivity (Wildman–Crippen MR) is 68.3 cm³/mol. The molecular weight excluding hydrogens is 242 g/mol. The Morgan fingerprint density at radius 2 is 2.06 bits per heavy atom. The molecule has 0 aliphatic rings. The van der Waals surface area contributed by atoms with Crippen LogP contribution in [-0.2, 0) is 0 Å². The third-order valence-electron chi connectivity index (χ3n) is 2.72. The summed E-state index contributed by atoms with van der Waals surface area (Å²) in [4.78, 5) is 0. The van der Waals surface area contributed by atoms with Crippen molar-refractivity contribution in [2.45, 2.75) is 19.3 Å². The van der Waals surface area contributed by atoms with E-state index >= 15 is 0 Å². The molecule has 0 aliphatic carbocycles. The Bertz CT molecular complexity index is 396. The van der Waals surface area contributed by atoms with Gasteiger partial charge < -0.3 is 20.3 Å². The molecule has 0 bridgehead atoms. The summed E-state index contributed by atoms with van der Waals surface area (Å²) < 4.78 is 10.5. The molecule has 0 amide bonds. The monoisotopic (exact) mass is 259 g/mol. The Hall–Kier alpha value is -1.13. The molecule has 0 saturated carbocycles. The average Bonchev–Trinajstić information content (AvgIpc) is 2.31. The first-order valence-electron chi connectivity index (χ1n) is 5.40. The lowest BCUT2D eigenvalue weighted by Crippen LogP contribution is -2.07. The predicted octanol–water partition coefficient (Wildman–Crippen LogP) is 2.52. The van der Waals surface area contributed by atoms with E-state index in [1.54, 1.807) is 0 Å². The molecule has 5 heteroatoms. The van der Waals surface area contributed by atoms with Gasteiger partial charge in [-0.2, -0.15) is 0 Å². The lowest BCUT2D eigenvalue weighted by Gasteiger charge is -2.19. The highest BCUT2D eigenvalue weighted by Gasteiger charge is 2.22. The zero-order valence-corrected chi connectivity index (χ0v) is 11.0. The molecule has 4 nitrogen and oxygen atoms in total. The number of ether oxygens (including phenoxy) is 2. The molecule has 1 rings (SSSR count). The van der Waals surface area contributed by atoms with Crippen molar-refractivity contribution >= 4 is 11.6 Å². The van der Waals surface area contributed by atoms with Crippen molar-refractivity contribution in [1.82, 2.24) is 0 Å². The van der Waals surface area contributed by atoms with Gasteiger partial charge in [0.05, 0.1) is 19.2 Å². The van der Waals surface area contributed by atoms with Gasteiger partial charge in [-0.15, -0.1) is 0 Å². The first-order valence-corrected chi connectivity index (χ1v) is 5.78. The second-order valence-corrected chi connectivity index (χ2v) is 4.24. The molecule has 0 aliphatic heterocycles. The summed E-state index contributed by atoms with van der Waals surface area (Å²) in [6.07, 6.45) is 0.730. The van der Waals surface area contributed by atoms with Crippen molar-refractivity contribution in [3.05, 3.63) is 16.7 Å².